The van der Waals surface area contributed by atoms with Gasteiger partial charge in [0, 0.05) is 16.6 Å². The molecule has 1 N–H and O–H groups in total. The van der Waals surface area contributed by atoms with Gasteiger partial charge >= 0.3 is 17.8 Å². The van der Waals surface area contributed by atoms with Crippen molar-refractivity contribution < 1.29 is 19.2 Å². The van der Waals surface area contributed by atoms with Crippen LogP contribution in [0.15, 0.2) is 18.2 Å². The van der Waals surface area contributed by atoms with Gasteiger partial charge in [-0.1, -0.05) is 42.6 Å². The highest BCUT2D eigenvalue weighted by Gasteiger charge is 2.44. The Labute approximate surface area is 161 Å². The van der Waals surface area contributed by atoms with E-state index in [2.05, 4.69) is 5.32 Å². The van der Waals surface area contributed by atoms with Gasteiger partial charge in [-0.05, 0) is 31.0 Å². The number of unbranched alkanes of at least 4 members (excludes halogenated alkanes) is 1. The van der Waals surface area contributed by atoms with E-state index < -0.39 is 36.3 Å². The molecule has 0 bridgehead atoms. The summed E-state index contributed by atoms with van der Waals surface area (Å²) in [5.41, 5.74) is 0.643. The maximum absolute atomic E-state index is 12.2. The van der Waals surface area contributed by atoms with Crippen LogP contribution in [0.4, 0.5) is 4.79 Å². The van der Waals surface area contributed by atoms with Crippen LogP contribution in [0.1, 0.15) is 38.3 Å². The summed E-state index contributed by atoms with van der Waals surface area (Å²) in [6.45, 7) is 3.25. The molecule has 0 saturated carbocycles. The second-order valence-corrected chi connectivity index (χ2v) is 6.78. The van der Waals surface area contributed by atoms with Crippen LogP contribution in [0, 0.1) is 0 Å². The van der Waals surface area contributed by atoms with E-state index in [1.54, 1.807) is 25.1 Å². The molecule has 140 valence electrons. The van der Waals surface area contributed by atoms with Crippen molar-refractivity contribution in [1.82, 2.24) is 15.1 Å². The number of nitrogens with one attached hydrogen (secondary N) is 1. The molecule has 7 nitrogen and oxygen atoms in total. The zero-order valence-electron chi connectivity index (χ0n) is 14.4. The SMILES string of the molecule is CCCCN1C(=O)C(=O)N(CC(=O)NC(C)c2ccc(Cl)cc2Cl)C1=O. The Morgan fingerprint density at radius 3 is 2.42 bits per heavy atom. The van der Waals surface area contributed by atoms with Crippen molar-refractivity contribution in [2.24, 2.45) is 0 Å². The number of amides is 5. The van der Waals surface area contributed by atoms with Crippen molar-refractivity contribution in [3.05, 3.63) is 33.8 Å². The largest absolute Gasteiger partial charge is 0.348 e. The molecular formula is C17H19Cl2N3O4. The van der Waals surface area contributed by atoms with Gasteiger partial charge in [0.05, 0.1) is 6.04 Å². The predicted octanol–water partition coefficient (Wildman–Crippen LogP) is 2.76. The van der Waals surface area contributed by atoms with E-state index in [0.717, 1.165) is 11.3 Å². The van der Waals surface area contributed by atoms with Crippen molar-refractivity contribution in [2.75, 3.05) is 13.1 Å². The lowest BCUT2D eigenvalue weighted by atomic mass is 10.1. The van der Waals surface area contributed by atoms with Crippen LogP contribution in [-0.2, 0) is 14.4 Å². The highest BCUT2D eigenvalue weighted by Crippen LogP contribution is 2.26. The van der Waals surface area contributed by atoms with Crippen molar-refractivity contribution in [3.8, 4) is 0 Å². The highest BCUT2D eigenvalue weighted by molar-refractivity contribution is 6.45. The number of imide groups is 2. The molecule has 1 fully saturated rings. The first-order chi connectivity index (χ1) is 12.3. The molecule has 0 radical (unpaired) electrons. The fourth-order valence-corrected chi connectivity index (χ4v) is 3.14. The molecule has 1 unspecified atom stereocenters. The molecule has 1 saturated heterocycles. The lowest BCUT2D eigenvalue weighted by Gasteiger charge is -2.18. The van der Waals surface area contributed by atoms with Gasteiger partial charge in [0.1, 0.15) is 6.54 Å². The van der Waals surface area contributed by atoms with Gasteiger partial charge in [-0.2, -0.15) is 0 Å². The Balaban J connectivity index is 2.01. The number of rotatable bonds is 7. The fraction of sp³-hybridized carbons (Fsp3) is 0.412. The summed E-state index contributed by atoms with van der Waals surface area (Å²) in [6.07, 6.45) is 1.36. The normalized spacial score (nSPS) is 15.6. The topological polar surface area (TPSA) is 86.8 Å². The average molecular weight is 400 g/mol. The standard InChI is InChI=1S/C17H19Cl2N3O4/c1-3-4-7-21-15(24)16(25)22(17(21)26)9-14(23)20-10(2)12-6-5-11(18)8-13(12)19/h5-6,8,10H,3-4,7,9H2,1-2H3,(H,20,23). The first-order valence-corrected chi connectivity index (χ1v) is 8.93. The molecule has 1 aliphatic heterocycles. The van der Waals surface area contributed by atoms with Crippen molar-refractivity contribution in [2.45, 2.75) is 32.7 Å². The Kier molecular flexibility index (Phi) is 6.61. The third-order valence-corrected chi connectivity index (χ3v) is 4.54. The number of nitrogens with zero attached hydrogens (tertiary/aromatic N) is 2. The third-order valence-electron chi connectivity index (χ3n) is 3.98. The van der Waals surface area contributed by atoms with E-state index in [0.29, 0.717) is 26.9 Å². The van der Waals surface area contributed by atoms with E-state index in [1.165, 1.54) is 0 Å². The lowest BCUT2D eigenvalue weighted by Crippen LogP contribution is -2.42. The van der Waals surface area contributed by atoms with Gasteiger partial charge in [0.25, 0.3) is 0 Å². The molecule has 1 aromatic rings. The predicted molar refractivity (Wildman–Crippen MR) is 96.7 cm³/mol. The molecule has 5 amide bonds. The van der Waals surface area contributed by atoms with Gasteiger partial charge in [-0.15, -0.1) is 0 Å². The Hall–Kier alpha value is -2.12. The van der Waals surface area contributed by atoms with Crippen LogP contribution < -0.4 is 5.32 Å². The quantitative estimate of drug-likeness (QED) is 0.563. The zero-order valence-corrected chi connectivity index (χ0v) is 15.9. The number of carbonyl (C=O) groups excluding carboxylic acids is 4. The van der Waals surface area contributed by atoms with E-state index >= 15 is 0 Å². The summed E-state index contributed by atoms with van der Waals surface area (Å²) in [5, 5.41) is 3.51. The minimum absolute atomic E-state index is 0.162. The number of hydrogen-bond donors (Lipinski definition) is 1. The summed E-state index contributed by atoms with van der Waals surface area (Å²) in [7, 11) is 0. The Bertz CT molecular complexity index is 754. The molecule has 1 atom stereocenters. The van der Waals surface area contributed by atoms with Crippen LogP contribution in [0.5, 0.6) is 0 Å². The van der Waals surface area contributed by atoms with Crippen LogP contribution in [0.25, 0.3) is 0 Å². The smallest absolute Gasteiger partial charge is 0.334 e. The molecule has 0 spiro atoms. The van der Waals surface area contributed by atoms with E-state index in [1.807, 2.05) is 6.92 Å². The monoisotopic (exact) mass is 399 g/mol. The first-order valence-electron chi connectivity index (χ1n) is 8.17. The fourth-order valence-electron chi connectivity index (χ4n) is 2.56. The van der Waals surface area contributed by atoms with Crippen molar-refractivity contribution in [3.63, 3.8) is 0 Å². The molecule has 1 aromatic carbocycles. The third kappa shape index (κ3) is 4.34. The highest BCUT2D eigenvalue weighted by atomic mass is 35.5. The molecule has 26 heavy (non-hydrogen) atoms. The second kappa shape index (κ2) is 8.51. The van der Waals surface area contributed by atoms with Crippen LogP contribution in [0.3, 0.4) is 0 Å². The van der Waals surface area contributed by atoms with E-state index in [4.69, 9.17) is 23.2 Å². The maximum Gasteiger partial charge on any atom is 0.334 e. The van der Waals surface area contributed by atoms with Gasteiger partial charge in [-0.3, -0.25) is 19.3 Å². The number of halogens is 2. The van der Waals surface area contributed by atoms with E-state index in [9.17, 15) is 19.2 Å². The zero-order chi connectivity index (χ0) is 19.4. The van der Waals surface area contributed by atoms with E-state index in [-0.39, 0.29) is 6.54 Å². The summed E-state index contributed by atoms with van der Waals surface area (Å²) >= 11 is 12.0. The van der Waals surface area contributed by atoms with Crippen LogP contribution in [-0.4, -0.2) is 46.6 Å². The maximum atomic E-state index is 12.2. The molecule has 2 rings (SSSR count). The van der Waals surface area contributed by atoms with Crippen molar-refractivity contribution >= 4 is 47.0 Å². The molecule has 0 aliphatic carbocycles. The number of hydrogen-bond acceptors (Lipinski definition) is 4. The summed E-state index contributed by atoms with van der Waals surface area (Å²) in [6, 6.07) is 3.65. The number of benzene rings is 1. The lowest BCUT2D eigenvalue weighted by molar-refractivity contribution is -0.144. The molecular weight excluding hydrogens is 381 g/mol. The molecule has 9 heteroatoms. The Morgan fingerprint density at radius 1 is 1.15 bits per heavy atom. The molecule has 1 aliphatic rings. The minimum atomic E-state index is -0.988. The average Bonchev–Trinajstić information content (AvgIpc) is 2.76. The van der Waals surface area contributed by atoms with Gasteiger partial charge in [0.15, 0.2) is 0 Å². The van der Waals surface area contributed by atoms with Crippen molar-refractivity contribution in [1.29, 1.82) is 0 Å². The number of carbonyl (C=O) groups is 4. The number of urea groups is 1. The summed E-state index contributed by atoms with van der Waals surface area (Å²) in [5.74, 6) is -2.46. The van der Waals surface area contributed by atoms with Crippen LogP contribution >= 0.6 is 23.2 Å². The minimum Gasteiger partial charge on any atom is -0.348 e. The second-order valence-electron chi connectivity index (χ2n) is 5.94. The molecule has 0 aromatic heterocycles. The Morgan fingerprint density at radius 2 is 1.81 bits per heavy atom. The first kappa shape index (κ1) is 20.2. The van der Waals surface area contributed by atoms with Gasteiger partial charge in [-0.25, -0.2) is 9.69 Å². The molecule has 1 heterocycles. The van der Waals surface area contributed by atoms with Gasteiger partial charge in [0.2, 0.25) is 5.91 Å². The van der Waals surface area contributed by atoms with Crippen LogP contribution in [0.2, 0.25) is 10.0 Å². The summed E-state index contributed by atoms with van der Waals surface area (Å²) in [4.78, 5) is 49.8. The van der Waals surface area contributed by atoms with Gasteiger partial charge < -0.3 is 5.32 Å². The summed E-state index contributed by atoms with van der Waals surface area (Å²) < 4.78 is 0.